The molecule has 3 rings (SSSR count). The van der Waals surface area contributed by atoms with Crippen LogP contribution in [0.3, 0.4) is 0 Å². The number of fused-ring (bicyclic) bond motifs is 1. The summed E-state index contributed by atoms with van der Waals surface area (Å²) in [6.45, 7) is 2.05. The molecule has 18 heavy (non-hydrogen) atoms. The maximum atomic E-state index is 6.02. The fraction of sp³-hybridized carbons (Fsp3) is 0.625. The number of rotatable bonds is 2. The lowest BCUT2D eigenvalue weighted by Gasteiger charge is -2.35. The van der Waals surface area contributed by atoms with Crippen LogP contribution in [0.5, 0.6) is 0 Å². The first kappa shape index (κ1) is 12.0. The number of nitrogens with zero attached hydrogens (tertiary/aromatic N) is 1. The molecule has 2 unspecified atom stereocenters. The van der Waals surface area contributed by atoms with E-state index in [9.17, 15) is 0 Å². The first-order valence-corrected chi connectivity index (χ1v) is 7.45. The largest absolute Gasteiger partial charge is 0.368 e. The third-order valence-electron chi connectivity index (χ3n) is 4.75. The molecule has 1 aromatic carbocycles. The Kier molecular flexibility index (Phi) is 3.55. The summed E-state index contributed by atoms with van der Waals surface area (Å²) >= 11 is 0. The lowest BCUT2D eigenvalue weighted by atomic mass is 9.93. The van der Waals surface area contributed by atoms with Gasteiger partial charge in [0.05, 0.1) is 0 Å². The van der Waals surface area contributed by atoms with E-state index < -0.39 is 0 Å². The molecule has 0 aromatic heterocycles. The Morgan fingerprint density at radius 1 is 1.11 bits per heavy atom. The predicted molar refractivity (Wildman–Crippen MR) is 76.9 cm³/mol. The van der Waals surface area contributed by atoms with Gasteiger partial charge in [-0.3, -0.25) is 0 Å². The Morgan fingerprint density at radius 2 is 1.94 bits per heavy atom. The summed E-state index contributed by atoms with van der Waals surface area (Å²) in [7, 11) is 0. The fourth-order valence-electron chi connectivity index (χ4n) is 3.76. The van der Waals surface area contributed by atoms with Crippen molar-refractivity contribution in [2.24, 2.45) is 11.7 Å². The summed E-state index contributed by atoms with van der Waals surface area (Å²) in [4.78, 5) is 2.65. The van der Waals surface area contributed by atoms with Crippen molar-refractivity contribution in [1.82, 2.24) is 0 Å². The van der Waals surface area contributed by atoms with Crippen LogP contribution in [-0.2, 0) is 6.42 Å². The van der Waals surface area contributed by atoms with E-state index in [-0.39, 0.29) is 0 Å². The van der Waals surface area contributed by atoms with E-state index in [0.29, 0.717) is 12.0 Å². The van der Waals surface area contributed by atoms with Gasteiger partial charge in [-0.15, -0.1) is 0 Å². The molecule has 2 N–H and O–H groups in total. The molecule has 0 saturated heterocycles. The second-order valence-electron chi connectivity index (χ2n) is 5.77. The van der Waals surface area contributed by atoms with E-state index in [4.69, 9.17) is 5.73 Å². The minimum absolute atomic E-state index is 0.682. The number of benzene rings is 1. The van der Waals surface area contributed by atoms with Crippen LogP contribution in [0.2, 0.25) is 0 Å². The lowest BCUT2D eigenvalue weighted by molar-refractivity contribution is 0.386. The molecule has 0 radical (unpaired) electrons. The average Bonchev–Trinajstić information content (AvgIpc) is 2.69. The molecule has 1 aliphatic carbocycles. The molecule has 0 amide bonds. The highest BCUT2D eigenvalue weighted by Gasteiger charge is 2.31. The smallest absolute Gasteiger partial charge is 0.0402 e. The van der Waals surface area contributed by atoms with Gasteiger partial charge in [-0.25, -0.2) is 0 Å². The molecule has 0 bridgehead atoms. The third kappa shape index (κ3) is 2.14. The van der Waals surface area contributed by atoms with Crippen LogP contribution in [0.4, 0.5) is 5.69 Å². The van der Waals surface area contributed by atoms with E-state index in [1.165, 1.54) is 56.3 Å². The summed E-state index contributed by atoms with van der Waals surface area (Å²) in [5.41, 5.74) is 9.02. The number of anilines is 1. The molecule has 1 heterocycles. The molecule has 2 atom stereocenters. The van der Waals surface area contributed by atoms with Crippen LogP contribution in [0.15, 0.2) is 24.3 Å². The highest BCUT2D eigenvalue weighted by atomic mass is 15.2. The molecule has 1 saturated carbocycles. The minimum Gasteiger partial charge on any atom is -0.368 e. The summed E-state index contributed by atoms with van der Waals surface area (Å²) in [5, 5.41) is 0. The minimum atomic E-state index is 0.682. The second kappa shape index (κ2) is 5.31. The van der Waals surface area contributed by atoms with Gasteiger partial charge in [0.25, 0.3) is 0 Å². The lowest BCUT2D eigenvalue weighted by Crippen LogP contribution is -2.42. The number of hydrogen-bond donors (Lipinski definition) is 1. The van der Waals surface area contributed by atoms with Crippen molar-refractivity contribution in [3.63, 3.8) is 0 Å². The average molecular weight is 244 g/mol. The SMILES string of the molecule is NCC1CCCCCC1N1CCc2ccccc21. The zero-order valence-corrected chi connectivity index (χ0v) is 11.1. The summed E-state index contributed by atoms with van der Waals surface area (Å²) < 4.78 is 0. The Hall–Kier alpha value is -1.02. The highest BCUT2D eigenvalue weighted by Crippen LogP contribution is 2.35. The molecule has 0 spiro atoms. The molecular formula is C16H24N2. The van der Waals surface area contributed by atoms with Crippen molar-refractivity contribution in [2.45, 2.75) is 44.6 Å². The van der Waals surface area contributed by atoms with Crippen molar-refractivity contribution in [3.05, 3.63) is 29.8 Å². The van der Waals surface area contributed by atoms with Gasteiger partial charge in [0.2, 0.25) is 0 Å². The quantitative estimate of drug-likeness (QED) is 0.810. The summed E-state index contributed by atoms with van der Waals surface area (Å²) in [5.74, 6) is 0.693. The normalized spacial score (nSPS) is 27.9. The molecule has 2 nitrogen and oxygen atoms in total. The molecule has 1 aromatic rings. The first-order chi connectivity index (χ1) is 8.90. The third-order valence-corrected chi connectivity index (χ3v) is 4.75. The molecule has 1 fully saturated rings. The predicted octanol–water partition coefficient (Wildman–Crippen LogP) is 2.96. The summed E-state index contributed by atoms with van der Waals surface area (Å²) in [6, 6.07) is 9.59. The zero-order valence-electron chi connectivity index (χ0n) is 11.1. The van der Waals surface area contributed by atoms with Crippen LogP contribution >= 0.6 is 0 Å². The monoisotopic (exact) mass is 244 g/mol. The molecule has 2 heteroatoms. The van der Waals surface area contributed by atoms with Crippen molar-refractivity contribution in [2.75, 3.05) is 18.0 Å². The maximum absolute atomic E-state index is 6.02. The fourth-order valence-corrected chi connectivity index (χ4v) is 3.76. The van der Waals surface area contributed by atoms with Gasteiger partial charge in [0, 0.05) is 18.3 Å². The molecule has 2 aliphatic rings. The van der Waals surface area contributed by atoms with E-state index in [0.717, 1.165) is 6.54 Å². The van der Waals surface area contributed by atoms with Crippen LogP contribution in [-0.4, -0.2) is 19.1 Å². The van der Waals surface area contributed by atoms with Crippen molar-refractivity contribution >= 4 is 5.69 Å². The van der Waals surface area contributed by atoms with E-state index in [1.807, 2.05) is 0 Å². The van der Waals surface area contributed by atoms with Crippen molar-refractivity contribution in [3.8, 4) is 0 Å². The molecule has 1 aliphatic heterocycles. The highest BCUT2D eigenvalue weighted by molar-refractivity contribution is 5.58. The standard InChI is InChI=1S/C16H24N2/c17-12-14-7-2-1-3-8-16(14)18-11-10-13-6-4-5-9-15(13)18/h4-6,9,14,16H,1-3,7-8,10-12,17H2. The van der Waals surface area contributed by atoms with E-state index >= 15 is 0 Å². The Balaban J connectivity index is 1.85. The van der Waals surface area contributed by atoms with Crippen LogP contribution in [0.25, 0.3) is 0 Å². The Labute approximate surface area is 110 Å². The number of para-hydroxylation sites is 1. The Bertz CT molecular complexity index is 402. The van der Waals surface area contributed by atoms with Crippen LogP contribution in [0, 0.1) is 5.92 Å². The van der Waals surface area contributed by atoms with Crippen LogP contribution in [0.1, 0.15) is 37.7 Å². The molecule has 98 valence electrons. The second-order valence-corrected chi connectivity index (χ2v) is 5.77. The van der Waals surface area contributed by atoms with Gasteiger partial charge in [-0.05, 0) is 43.4 Å². The molecular weight excluding hydrogens is 220 g/mol. The van der Waals surface area contributed by atoms with Crippen LogP contribution < -0.4 is 10.6 Å². The van der Waals surface area contributed by atoms with Crippen molar-refractivity contribution < 1.29 is 0 Å². The van der Waals surface area contributed by atoms with Gasteiger partial charge in [0.15, 0.2) is 0 Å². The topological polar surface area (TPSA) is 29.3 Å². The van der Waals surface area contributed by atoms with Gasteiger partial charge in [-0.2, -0.15) is 0 Å². The van der Waals surface area contributed by atoms with Gasteiger partial charge >= 0.3 is 0 Å². The van der Waals surface area contributed by atoms with Gasteiger partial charge < -0.3 is 10.6 Å². The maximum Gasteiger partial charge on any atom is 0.0402 e. The van der Waals surface area contributed by atoms with Crippen molar-refractivity contribution in [1.29, 1.82) is 0 Å². The number of hydrogen-bond acceptors (Lipinski definition) is 2. The van der Waals surface area contributed by atoms with Gasteiger partial charge in [0.1, 0.15) is 0 Å². The zero-order chi connectivity index (χ0) is 12.4. The first-order valence-electron chi connectivity index (χ1n) is 7.45. The summed E-state index contributed by atoms with van der Waals surface area (Å²) in [6.07, 6.45) is 8.00. The van der Waals surface area contributed by atoms with E-state index in [1.54, 1.807) is 0 Å². The Morgan fingerprint density at radius 3 is 2.83 bits per heavy atom. The number of nitrogens with two attached hydrogens (primary N) is 1. The van der Waals surface area contributed by atoms with E-state index in [2.05, 4.69) is 29.2 Å². The van der Waals surface area contributed by atoms with Gasteiger partial charge in [-0.1, -0.05) is 37.5 Å².